The molecule has 0 aliphatic carbocycles. The van der Waals surface area contributed by atoms with Gasteiger partial charge in [-0.2, -0.15) is 0 Å². The summed E-state index contributed by atoms with van der Waals surface area (Å²) in [6.07, 6.45) is 0. The first kappa shape index (κ1) is 13.4. The lowest BCUT2D eigenvalue weighted by atomic mass is 9.76. The van der Waals surface area contributed by atoms with Crippen LogP contribution in [0.25, 0.3) is 0 Å². The van der Waals surface area contributed by atoms with Crippen molar-refractivity contribution >= 4 is 12.6 Å². The molecule has 5 heteroatoms. The van der Waals surface area contributed by atoms with Crippen molar-refractivity contribution in [3.63, 3.8) is 0 Å². The topological polar surface area (TPSA) is 64.7 Å². The zero-order chi connectivity index (χ0) is 13.6. The molecule has 0 spiro atoms. The number of nitrogens with two attached hydrogens (primary N) is 1. The van der Waals surface area contributed by atoms with Gasteiger partial charge in [0.15, 0.2) is 0 Å². The predicted octanol–water partition coefficient (Wildman–Crippen LogP) is 1.15. The van der Waals surface area contributed by atoms with Gasteiger partial charge in [-0.1, -0.05) is 6.07 Å². The molecule has 2 rings (SSSR count). The van der Waals surface area contributed by atoms with Crippen LogP contribution in [-0.4, -0.2) is 23.4 Å². The smallest absolute Gasteiger partial charge is 0.495 e. The van der Waals surface area contributed by atoms with Gasteiger partial charge in [0.1, 0.15) is 5.75 Å². The van der Waals surface area contributed by atoms with Crippen molar-refractivity contribution in [1.82, 2.24) is 0 Å². The summed E-state index contributed by atoms with van der Waals surface area (Å²) >= 11 is 0. The van der Waals surface area contributed by atoms with Gasteiger partial charge in [-0.05, 0) is 50.9 Å². The van der Waals surface area contributed by atoms with Crippen molar-refractivity contribution in [2.24, 2.45) is 5.73 Å². The lowest BCUT2D eigenvalue weighted by Crippen LogP contribution is -2.41. The lowest BCUT2D eigenvalue weighted by Gasteiger charge is -2.32. The van der Waals surface area contributed by atoms with Crippen molar-refractivity contribution in [2.45, 2.75) is 45.4 Å². The fraction of sp³-hybridized carbons (Fsp3) is 0.538. The molecule has 0 radical (unpaired) electrons. The van der Waals surface area contributed by atoms with Gasteiger partial charge in [0.25, 0.3) is 0 Å². The lowest BCUT2D eigenvalue weighted by molar-refractivity contribution is 0.00578. The molecule has 18 heavy (non-hydrogen) atoms. The van der Waals surface area contributed by atoms with Crippen LogP contribution in [0.3, 0.4) is 0 Å². The minimum atomic E-state index is -0.436. The van der Waals surface area contributed by atoms with E-state index in [-0.39, 0.29) is 17.0 Å². The molecule has 1 fully saturated rings. The number of benzene rings is 1. The monoisotopic (exact) mass is 249 g/mol. The molecule has 1 saturated heterocycles. The van der Waals surface area contributed by atoms with Crippen molar-refractivity contribution in [1.29, 1.82) is 0 Å². The number of phenolic OH excluding ortho intramolecular Hbond substituents is 1. The Labute approximate surface area is 108 Å². The van der Waals surface area contributed by atoms with E-state index in [4.69, 9.17) is 15.0 Å². The maximum absolute atomic E-state index is 9.48. The SMILES string of the molecule is CC1(C)OB(c2ccc(O)cc2CN)OC1(C)C. The van der Waals surface area contributed by atoms with E-state index in [2.05, 4.69) is 0 Å². The van der Waals surface area contributed by atoms with Crippen LogP contribution in [0.1, 0.15) is 33.3 Å². The van der Waals surface area contributed by atoms with Crippen LogP contribution < -0.4 is 11.2 Å². The van der Waals surface area contributed by atoms with Crippen LogP contribution in [0.2, 0.25) is 0 Å². The van der Waals surface area contributed by atoms with Gasteiger partial charge in [0.05, 0.1) is 11.2 Å². The molecule has 4 nitrogen and oxygen atoms in total. The zero-order valence-electron chi connectivity index (χ0n) is 11.4. The highest BCUT2D eigenvalue weighted by molar-refractivity contribution is 6.62. The molecule has 1 heterocycles. The fourth-order valence-corrected chi connectivity index (χ4v) is 1.97. The van der Waals surface area contributed by atoms with Gasteiger partial charge in [-0.25, -0.2) is 0 Å². The minimum Gasteiger partial charge on any atom is -0.508 e. The first-order valence-electron chi connectivity index (χ1n) is 6.14. The van der Waals surface area contributed by atoms with E-state index in [0.717, 1.165) is 11.0 Å². The Morgan fingerprint density at radius 3 is 2.22 bits per heavy atom. The first-order valence-corrected chi connectivity index (χ1v) is 6.14. The van der Waals surface area contributed by atoms with Crippen LogP contribution in [0.4, 0.5) is 0 Å². The molecule has 1 aromatic carbocycles. The van der Waals surface area contributed by atoms with E-state index in [1.165, 1.54) is 0 Å². The van der Waals surface area contributed by atoms with E-state index in [1.807, 2.05) is 27.7 Å². The third-order valence-electron chi connectivity index (χ3n) is 3.85. The zero-order valence-corrected chi connectivity index (χ0v) is 11.4. The summed E-state index contributed by atoms with van der Waals surface area (Å²) in [4.78, 5) is 0. The van der Waals surface area contributed by atoms with Gasteiger partial charge in [0, 0.05) is 6.54 Å². The van der Waals surface area contributed by atoms with E-state index in [9.17, 15) is 5.11 Å². The molecule has 0 unspecified atom stereocenters. The van der Waals surface area contributed by atoms with Gasteiger partial charge in [-0.15, -0.1) is 0 Å². The molecule has 1 aliphatic rings. The number of hydrogen-bond acceptors (Lipinski definition) is 4. The highest BCUT2D eigenvalue weighted by Crippen LogP contribution is 2.36. The van der Waals surface area contributed by atoms with Crippen molar-refractivity contribution in [3.05, 3.63) is 23.8 Å². The van der Waals surface area contributed by atoms with Crippen LogP contribution >= 0.6 is 0 Å². The molecule has 1 aromatic rings. The molecule has 0 atom stereocenters. The Kier molecular flexibility index (Phi) is 3.17. The van der Waals surface area contributed by atoms with Crippen LogP contribution in [-0.2, 0) is 15.9 Å². The average Bonchev–Trinajstić information content (AvgIpc) is 2.47. The molecular formula is C13H20BNO3. The summed E-state index contributed by atoms with van der Waals surface area (Å²) in [6.45, 7) is 8.38. The number of rotatable bonds is 2. The Morgan fingerprint density at radius 1 is 1.17 bits per heavy atom. The highest BCUT2D eigenvalue weighted by atomic mass is 16.7. The third-order valence-corrected chi connectivity index (χ3v) is 3.85. The van der Waals surface area contributed by atoms with Crippen LogP contribution in [0.15, 0.2) is 18.2 Å². The molecule has 0 aromatic heterocycles. The summed E-state index contributed by atoms with van der Waals surface area (Å²) in [6, 6.07) is 5.08. The molecule has 1 aliphatic heterocycles. The average molecular weight is 249 g/mol. The number of hydrogen-bond donors (Lipinski definition) is 2. The van der Waals surface area contributed by atoms with Crippen LogP contribution in [0.5, 0.6) is 5.75 Å². The van der Waals surface area contributed by atoms with Crippen molar-refractivity contribution < 1.29 is 14.4 Å². The molecule has 98 valence electrons. The maximum Gasteiger partial charge on any atom is 0.495 e. The van der Waals surface area contributed by atoms with Gasteiger partial charge >= 0.3 is 7.12 Å². The summed E-state index contributed by atoms with van der Waals surface area (Å²) in [5.74, 6) is 0.204. The fourth-order valence-electron chi connectivity index (χ4n) is 1.97. The number of aromatic hydroxyl groups is 1. The second-order valence-corrected chi connectivity index (χ2v) is 5.68. The molecule has 0 amide bonds. The summed E-state index contributed by atoms with van der Waals surface area (Å²) in [5.41, 5.74) is 6.68. The number of phenols is 1. The third kappa shape index (κ3) is 2.14. The van der Waals surface area contributed by atoms with E-state index < -0.39 is 7.12 Å². The summed E-state index contributed by atoms with van der Waals surface area (Å²) < 4.78 is 11.9. The predicted molar refractivity (Wildman–Crippen MR) is 71.7 cm³/mol. The molecular weight excluding hydrogens is 229 g/mol. The molecule has 0 bridgehead atoms. The highest BCUT2D eigenvalue weighted by Gasteiger charge is 2.52. The van der Waals surface area contributed by atoms with E-state index in [1.54, 1.807) is 18.2 Å². The Bertz CT molecular complexity index is 444. The second-order valence-electron chi connectivity index (χ2n) is 5.68. The Morgan fingerprint density at radius 2 is 1.72 bits per heavy atom. The van der Waals surface area contributed by atoms with Gasteiger partial charge in [-0.3, -0.25) is 0 Å². The Hall–Kier alpha value is -1.04. The van der Waals surface area contributed by atoms with Gasteiger partial charge < -0.3 is 20.1 Å². The van der Waals surface area contributed by atoms with Crippen molar-refractivity contribution in [3.8, 4) is 5.75 Å². The summed E-state index contributed by atoms with van der Waals surface area (Å²) in [5, 5.41) is 9.48. The van der Waals surface area contributed by atoms with E-state index >= 15 is 0 Å². The largest absolute Gasteiger partial charge is 0.508 e. The minimum absolute atomic E-state index is 0.204. The van der Waals surface area contributed by atoms with E-state index in [0.29, 0.717) is 6.54 Å². The van der Waals surface area contributed by atoms with Crippen molar-refractivity contribution in [2.75, 3.05) is 0 Å². The second kappa shape index (κ2) is 4.26. The Balaban J connectivity index is 2.35. The van der Waals surface area contributed by atoms with Crippen LogP contribution in [0, 0.1) is 0 Å². The molecule has 0 saturated carbocycles. The standard InChI is InChI=1S/C13H20BNO3/c1-12(2)13(3,4)18-14(17-12)11-6-5-10(16)7-9(11)8-15/h5-7,16H,8,15H2,1-4H3. The first-order chi connectivity index (χ1) is 8.27. The molecule has 3 N–H and O–H groups in total. The normalized spacial score (nSPS) is 21.3. The quantitative estimate of drug-likeness (QED) is 0.771. The van der Waals surface area contributed by atoms with Gasteiger partial charge in [0.2, 0.25) is 0 Å². The maximum atomic E-state index is 9.48. The summed E-state index contributed by atoms with van der Waals surface area (Å²) in [7, 11) is -0.436.